The standard InChI is InChI=1S/C16H19N3O5S/c1-10-8-19(9-11(23-10)16(21)22)14(20)6-2-5-13-17-15(18-24-13)12-4-3-7-25-12/h3-4,7,10-11H,2,5-6,8-9H2,1H3,(H,21,22)/t10-,11?/m1/s1. The smallest absolute Gasteiger partial charge is 0.334 e. The highest BCUT2D eigenvalue weighted by atomic mass is 32.1. The molecule has 1 aliphatic rings. The van der Waals surface area contributed by atoms with Crippen LogP contribution in [0.4, 0.5) is 0 Å². The molecule has 9 heteroatoms. The number of carboxylic acid groups (broad SMARTS) is 1. The monoisotopic (exact) mass is 365 g/mol. The van der Waals surface area contributed by atoms with Crippen molar-refractivity contribution >= 4 is 23.2 Å². The highest BCUT2D eigenvalue weighted by molar-refractivity contribution is 7.13. The van der Waals surface area contributed by atoms with E-state index in [9.17, 15) is 9.59 Å². The lowest BCUT2D eigenvalue weighted by atomic mass is 10.1. The lowest BCUT2D eigenvalue weighted by Gasteiger charge is -2.35. The molecule has 1 fully saturated rings. The van der Waals surface area contributed by atoms with Crippen LogP contribution in [0.5, 0.6) is 0 Å². The van der Waals surface area contributed by atoms with Crippen LogP contribution in [-0.4, -0.2) is 57.3 Å². The SMILES string of the molecule is C[C@@H]1CN(C(=O)CCCc2nc(-c3cccs3)no2)CC(C(=O)O)O1. The van der Waals surface area contributed by atoms with Crippen molar-refractivity contribution in [3.05, 3.63) is 23.4 Å². The number of rotatable bonds is 6. The average molecular weight is 365 g/mol. The first-order valence-corrected chi connectivity index (χ1v) is 8.93. The van der Waals surface area contributed by atoms with Gasteiger partial charge in [-0.1, -0.05) is 11.2 Å². The third-order valence-electron chi connectivity index (χ3n) is 3.88. The summed E-state index contributed by atoms with van der Waals surface area (Å²) >= 11 is 1.53. The van der Waals surface area contributed by atoms with Crippen molar-refractivity contribution in [2.75, 3.05) is 13.1 Å². The summed E-state index contributed by atoms with van der Waals surface area (Å²) in [6.45, 7) is 2.26. The fraction of sp³-hybridized carbons (Fsp3) is 0.500. The van der Waals surface area contributed by atoms with Crippen LogP contribution in [0.1, 0.15) is 25.7 Å². The van der Waals surface area contributed by atoms with Gasteiger partial charge in [0.1, 0.15) is 0 Å². The summed E-state index contributed by atoms with van der Waals surface area (Å²) in [5.41, 5.74) is 0. The fourth-order valence-corrected chi connectivity index (χ4v) is 3.35. The number of hydrogen-bond acceptors (Lipinski definition) is 7. The van der Waals surface area contributed by atoms with Crippen molar-refractivity contribution < 1.29 is 24.0 Å². The summed E-state index contributed by atoms with van der Waals surface area (Å²) in [6.07, 6.45) is 0.122. The normalized spacial score (nSPS) is 20.6. The number of aromatic nitrogens is 2. The number of ether oxygens (including phenoxy) is 1. The number of aryl methyl sites for hydroxylation is 1. The number of carbonyl (C=O) groups excluding carboxylic acids is 1. The van der Waals surface area contributed by atoms with E-state index in [0.29, 0.717) is 37.5 Å². The molecule has 3 rings (SSSR count). The Morgan fingerprint density at radius 1 is 1.44 bits per heavy atom. The molecule has 0 bridgehead atoms. The lowest BCUT2D eigenvalue weighted by molar-refractivity contribution is -0.166. The summed E-state index contributed by atoms with van der Waals surface area (Å²) in [4.78, 5) is 30.2. The average Bonchev–Trinajstić information content (AvgIpc) is 3.25. The second-order valence-corrected chi connectivity index (χ2v) is 6.86. The first-order valence-electron chi connectivity index (χ1n) is 8.05. The molecule has 8 nitrogen and oxygen atoms in total. The van der Waals surface area contributed by atoms with Gasteiger partial charge in [0.15, 0.2) is 6.10 Å². The highest BCUT2D eigenvalue weighted by Crippen LogP contribution is 2.21. The van der Waals surface area contributed by atoms with E-state index in [2.05, 4.69) is 10.1 Å². The summed E-state index contributed by atoms with van der Waals surface area (Å²) < 4.78 is 10.5. The van der Waals surface area contributed by atoms with Crippen molar-refractivity contribution in [1.82, 2.24) is 15.0 Å². The molecule has 0 saturated carbocycles. The molecule has 0 aromatic carbocycles. The minimum absolute atomic E-state index is 0.0839. The van der Waals surface area contributed by atoms with Gasteiger partial charge in [-0.3, -0.25) is 4.79 Å². The van der Waals surface area contributed by atoms with Gasteiger partial charge >= 0.3 is 5.97 Å². The Bertz CT molecular complexity index is 730. The Hall–Kier alpha value is -2.26. The quantitative estimate of drug-likeness (QED) is 0.832. The molecule has 2 aromatic heterocycles. The van der Waals surface area contributed by atoms with Crippen molar-refractivity contribution in [2.24, 2.45) is 0 Å². The van der Waals surface area contributed by atoms with Crippen molar-refractivity contribution in [3.63, 3.8) is 0 Å². The predicted octanol–water partition coefficient (Wildman–Crippen LogP) is 1.82. The van der Waals surface area contributed by atoms with Crippen LogP contribution in [0.3, 0.4) is 0 Å². The molecular formula is C16H19N3O5S. The van der Waals surface area contributed by atoms with Crippen LogP contribution in [-0.2, 0) is 20.7 Å². The van der Waals surface area contributed by atoms with E-state index in [1.165, 1.54) is 11.3 Å². The number of aliphatic carboxylic acids is 1. The van der Waals surface area contributed by atoms with Gasteiger partial charge in [-0.25, -0.2) is 4.79 Å². The number of hydrogen-bond donors (Lipinski definition) is 1. The number of amides is 1. The maximum absolute atomic E-state index is 12.3. The number of morpholine rings is 1. The summed E-state index contributed by atoms with van der Waals surface area (Å²) in [6, 6.07) is 3.84. The topological polar surface area (TPSA) is 106 Å². The molecule has 0 aliphatic carbocycles. The van der Waals surface area contributed by atoms with E-state index < -0.39 is 12.1 Å². The van der Waals surface area contributed by atoms with E-state index in [1.54, 1.807) is 11.8 Å². The molecule has 2 atom stereocenters. The Balaban J connectivity index is 1.48. The first kappa shape index (κ1) is 17.6. The van der Waals surface area contributed by atoms with E-state index in [4.69, 9.17) is 14.4 Å². The molecule has 0 spiro atoms. The number of thiophene rings is 1. The summed E-state index contributed by atoms with van der Waals surface area (Å²) in [5, 5.41) is 14.9. The minimum atomic E-state index is -1.05. The van der Waals surface area contributed by atoms with E-state index in [0.717, 1.165) is 4.88 Å². The zero-order valence-corrected chi connectivity index (χ0v) is 14.6. The Morgan fingerprint density at radius 3 is 3.00 bits per heavy atom. The van der Waals surface area contributed by atoms with Gasteiger partial charge < -0.3 is 19.3 Å². The molecule has 1 N–H and O–H groups in total. The van der Waals surface area contributed by atoms with Crippen LogP contribution in [0.15, 0.2) is 22.0 Å². The third-order valence-corrected chi connectivity index (χ3v) is 4.75. The van der Waals surface area contributed by atoms with Crippen LogP contribution in [0.25, 0.3) is 10.7 Å². The van der Waals surface area contributed by atoms with Gasteiger partial charge in [0.05, 0.1) is 17.5 Å². The molecule has 0 radical (unpaired) electrons. The first-order chi connectivity index (χ1) is 12.0. The number of nitrogens with zero attached hydrogens (tertiary/aromatic N) is 3. The fourth-order valence-electron chi connectivity index (χ4n) is 2.70. The molecule has 1 amide bonds. The van der Waals surface area contributed by atoms with Gasteiger partial charge in [0, 0.05) is 19.4 Å². The molecule has 1 unspecified atom stereocenters. The molecular weight excluding hydrogens is 346 g/mol. The van der Waals surface area contributed by atoms with Gasteiger partial charge in [-0.15, -0.1) is 11.3 Å². The molecule has 3 heterocycles. The van der Waals surface area contributed by atoms with Crippen LogP contribution < -0.4 is 0 Å². The summed E-state index contributed by atoms with van der Waals surface area (Å²) in [5.74, 6) is -0.0756. The van der Waals surface area contributed by atoms with Gasteiger partial charge in [0.25, 0.3) is 0 Å². The van der Waals surface area contributed by atoms with Gasteiger partial charge in [0.2, 0.25) is 17.6 Å². The Kier molecular flexibility index (Phi) is 5.44. The van der Waals surface area contributed by atoms with E-state index in [1.807, 2.05) is 17.5 Å². The third kappa shape index (κ3) is 4.43. The van der Waals surface area contributed by atoms with E-state index >= 15 is 0 Å². The van der Waals surface area contributed by atoms with Crippen LogP contribution in [0, 0.1) is 0 Å². The van der Waals surface area contributed by atoms with Crippen LogP contribution in [0.2, 0.25) is 0 Å². The molecule has 1 saturated heterocycles. The molecule has 2 aromatic rings. The van der Waals surface area contributed by atoms with Crippen molar-refractivity contribution in [3.8, 4) is 10.7 Å². The Morgan fingerprint density at radius 2 is 2.28 bits per heavy atom. The maximum atomic E-state index is 12.3. The van der Waals surface area contributed by atoms with Crippen molar-refractivity contribution in [2.45, 2.75) is 38.4 Å². The maximum Gasteiger partial charge on any atom is 0.334 e. The van der Waals surface area contributed by atoms with Gasteiger partial charge in [-0.2, -0.15) is 4.98 Å². The highest BCUT2D eigenvalue weighted by Gasteiger charge is 2.32. The number of carbonyl (C=O) groups is 2. The zero-order chi connectivity index (χ0) is 17.8. The lowest BCUT2D eigenvalue weighted by Crippen LogP contribution is -2.51. The zero-order valence-electron chi connectivity index (χ0n) is 13.8. The minimum Gasteiger partial charge on any atom is -0.479 e. The Labute approximate surface area is 148 Å². The van der Waals surface area contributed by atoms with Crippen molar-refractivity contribution in [1.29, 1.82) is 0 Å². The number of carboxylic acids is 1. The second-order valence-electron chi connectivity index (χ2n) is 5.91. The molecule has 134 valence electrons. The second kappa shape index (κ2) is 7.75. The largest absolute Gasteiger partial charge is 0.479 e. The van der Waals surface area contributed by atoms with Gasteiger partial charge in [-0.05, 0) is 24.8 Å². The summed E-state index contributed by atoms with van der Waals surface area (Å²) in [7, 11) is 0. The van der Waals surface area contributed by atoms with E-state index in [-0.39, 0.29) is 18.6 Å². The predicted molar refractivity (Wildman–Crippen MR) is 89.1 cm³/mol. The van der Waals surface area contributed by atoms with Crippen LogP contribution >= 0.6 is 11.3 Å². The molecule has 1 aliphatic heterocycles. The molecule has 25 heavy (non-hydrogen) atoms.